The number of thioether (sulfide) groups is 1. The van der Waals surface area contributed by atoms with Gasteiger partial charge < -0.3 is 14.8 Å². The summed E-state index contributed by atoms with van der Waals surface area (Å²) >= 11 is 1.17. The van der Waals surface area contributed by atoms with Crippen molar-refractivity contribution in [1.82, 2.24) is 9.55 Å². The zero-order valence-electron chi connectivity index (χ0n) is 18.9. The molecule has 1 N–H and O–H groups in total. The minimum absolute atomic E-state index is 0.0166. The number of nitrogens with one attached hydrogen (secondary N) is 1. The minimum Gasteiger partial charge on any atom is -0.465 e. The third kappa shape index (κ3) is 6.43. The molecular formula is C24H27N3O5S. The topological polar surface area (TPSA) is 99.5 Å². The summed E-state index contributed by atoms with van der Waals surface area (Å²) in [6, 6.07) is 13.8. The highest BCUT2D eigenvalue weighted by atomic mass is 32.2. The van der Waals surface area contributed by atoms with E-state index in [1.807, 2.05) is 19.9 Å². The number of amides is 1. The summed E-state index contributed by atoms with van der Waals surface area (Å²) in [6.45, 7) is 4.87. The molecule has 1 aromatic heterocycles. The van der Waals surface area contributed by atoms with Gasteiger partial charge in [-0.3, -0.25) is 14.2 Å². The predicted molar refractivity (Wildman–Crippen MR) is 129 cm³/mol. The van der Waals surface area contributed by atoms with E-state index in [1.165, 1.54) is 18.9 Å². The number of hydrogen-bond donors (Lipinski definition) is 1. The molecule has 0 aliphatic rings. The molecule has 1 amide bonds. The highest BCUT2D eigenvalue weighted by molar-refractivity contribution is 7.99. The van der Waals surface area contributed by atoms with Gasteiger partial charge in [-0.2, -0.15) is 0 Å². The van der Waals surface area contributed by atoms with Gasteiger partial charge in [-0.1, -0.05) is 36.0 Å². The molecule has 9 heteroatoms. The van der Waals surface area contributed by atoms with Crippen molar-refractivity contribution in [3.8, 4) is 0 Å². The van der Waals surface area contributed by atoms with Crippen LogP contribution in [0, 0.1) is 0 Å². The van der Waals surface area contributed by atoms with Gasteiger partial charge in [0.1, 0.15) is 0 Å². The van der Waals surface area contributed by atoms with E-state index in [2.05, 4.69) is 10.3 Å². The Balaban J connectivity index is 1.77. The molecule has 3 aromatic rings. The van der Waals surface area contributed by atoms with Gasteiger partial charge in [-0.05, 0) is 44.5 Å². The average molecular weight is 470 g/mol. The maximum absolute atomic E-state index is 13.1. The number of esters is 1. The number of aromatic nitrogens is 2. The van der Waals surface area contributed by atoms with E-state index in [-0.39, 0.29) is 28.9 Å². The molecule has 0 fully saturated rings. The zero-order valence-corrected chi connectivity index (χ0v) is 19.7. The normalized spacial score (nSPS) is 11.0. The first-order valence-electron chi connectivity index (χ1n) is 10.6. The fraction of sp³-hybridized carbons (Fsp3) is 0.333. The van der Waals surface area contributed by atoms with Crippen LogP contribution in [0.4, 0.5) is 5.69 Å². The lowest BCUT2D eigenvalue weighted by atomic mass is 10.2. The van der Waals surface area contributed by atoms with Crippen molar-refractivity contribution in [3.05, 3.63) is 64.4 Å². The molecular weight excluding hydrogens is 442 g/mol. The molecule has 0 saturated heterocycles. The molecule has 3 rings (SSSR count). The van der Waals surface area contributed by atoms with Crippen molar-refractivity contribution in [3.63, 3.8) is 0 Å². The summed E-state index contributed by atoms with van der Waals surface area (Å²) < 4.78 is 11.9. The Kier molecular flexibility index (Phi) is 8.62. The van der Waals surface area contributed by atoms with Gasteiger partial charge in [0.2, 0.25) is 5.91 Å². The van der Waals surface area contributed by atoms with E-state index in [4.69, 9.17) is 9.47 Å². The first kappa shape index (κ1) is 24.5. The number of nitrogens with zero attached hydrogens (tertiary/aromatic N) is 2. The molecule has 0 unspecified atom stereocenters. The monoisotopic (exact) mass is 469 g/mol. The van der Waals surface area contributed by atoms with Gasteiger partial charge in [0.25, 0.3) is 5.56 Å². The first-order valence-corrected chi connectivity index (χ1v) is 11.6. The Morgan fingerprint density at radius 3 is 2.61 bits per heavy atom. The molecule has 0 atom stereocenters. The highest BCUT2D eigenvalue weighted by Crippen LogP contribution is 2.20. The van der Waals surface area contributed by atoms with Gasteiger partial charge in [0.05, 0.1) is 41.1 Å². The number of anilines is 1. The van der Waals surface area contributed by atoms with Gasteiger partial charge >= 0.3 is 5.97 Å². The van der Waals surface area contributed by atoms with Crippen LogP contribution < -0.4 is 10.9 Å². The Morgan fingerprint density at radius 1 is 1.12 bits per heavy atom. The lowest BCUT2D eigenvalue weighted by Gasteiger charge is -2.14. The van der Waals surface area contributed by atoms with Crippen molar-refractivity contribution in [1.29, 1.82) is 0 Å². The van der Waals surface area contributed by atoms with E-state index in [9.17, 15) is 14.4 Å². The van der Waals surface area contributed by atoms with Crippen LogP contribution in [-0.4, -0.2) is 47.0 Å². The molecule has 1 heterocycles. The van der Waals surface area contributed by atoms with Crippen molar-refractivity contribution in [2.75, 3.05) is 24.8 Å². The molecule has 0 saturated carbocycles. The number of hydrogen-bond acceptors (Lipinski definition) is 7. The Bertz CT molecular complexity index is 1190. The largest absolute Gasteiger partial charge is 0.465 e. The Hall–Kier alpha value is -3.17. The zero-order chi connectivity index (χ0) is 23.8. The molecule has 174 valence electrons. The molecule has 0 aliphatic heterocycles. The molecule has 0 bridgehead atoms. The SMILES string of the molecule is COC(=O)c1ccccc1NC(=O)CSc1nc2ccccc2c(=O)n1CCCOC(C)C. The Labute approximate surface area is 196 Å². The van der Waals surface area contributed by atoms with Crippen LogP contribution >= 0.6 is 11.8 Å². The summed E-state index contributed by atoms with van der Waals surface area (Å²) in [6.07, 6.45) is 0.756. The molecule has 2 aromatic carbocycles. The summed E-state index contributed by atoms with van der Waals surface area (Å²) in [5, 5.41) is 3.72. The number of methoxy groups -OCH3 is 1. The van der Waals surface area contributed by atoms with Crippen LogP contribution in [0.5, 0.6) is 0 Å². The summed E-state index contributed by atoms with van der Waals surface area (Å²) in [4.78, 5) is 42.3. The van der Waals surface area contributed by atoms with Crippen LogP contribution in [0.15, 0.2) is 58.5 Å². The molecule has 8 nitrogen and oxygen atoms in total. The average Bonchev–Trinajstić information content (AvgIpc) is 2.81. The van der Waals surface area contributed by atoms with Gasteiger partial charge in [0, 0.05) is 13.2 Å². The van der Waals surface area contributed by atoms with Gasteiger partial charge in [-0.25, -0.2) is 9.78 Å². The third-order valence-electron chi connectivity index (χ3n) is 4.74. The van der Waals surface area contributed by atoms with Gasteiger partial charge in [0.15, 0.2) is 5.16 Å². The number of carbonyl (C=O) groups is 2. The van der Waals surface area contributed by atoms with Crippen LogP contribution in [0.2, 0.25) is 0 Å². The molecule has 0 radical (unpaired) electrons. The first-order chi connectivity index (χ1) is 15.9. The number of fused-ring (bicyclic) bond motifs is 1. The maximum atomic E-state index is 13.1. The minimum atomic E-state index is -0.535. The number of para-hydroxylation sites is 2. The number of carbonyl (C=O) groups excluding carboxylic acids is 2. The maximum Gasteiger partial charge on any atom is 0.339 e. The fourth-order valence-electron chi connectivity index (χ4n) is 3.19. The smallest absolute Gasteiger partial charge is 0.339 e. The van der Waals surface area contributed by atoms with Crippen molar-refractivity contribution < 1.29 is 19.1 Å². The summed E-state index contributed by atoms with van der Waals surface area (Å²) in [5.74, 6) is -0.844. The van der Waals surface area contributed by atoms with E-state index < -0.39 is 5.97 Å². The van der Waals surface area contributed by atoms with E-state index in [1.54, 1.807) is 47.0 Å². The molecule has 33 heavy (non-hydrogen) atoms. The second kappa shape index (κ2) is 11.6. The van der Waals surface area contributed by atoms with Crippen molar-refractivity contribution in [2.24, 2.45) is 0 Å². The van der Waals surface area contributed by atoms with Crippen LogP contribution in [0.1, 0.15) is 30.6 Å². The number of rotatable bonds is 10. The van der Waals surface area contributed by atoms with E-state index in [0.29, 0.717) is 41.3 Å². The van der Waals surface area contributed by atoms with E-state index >= 15 is 0 Å². The third-order valence-corrected chi connectivity index (χ3v) is 5.72. The second-order valence-electron chi connectivity index (χ2n) is 7.52. The lowest BCUT2D eigenvalue weighted by Crippen LogP contribution is -2.25. The van der Waals surface area contributed by atoms with Crippen LogP contribution in [-0.2, 0) is 20.8 Å². The molecule has 0 aliphatic carbocycles. The quantitative estimate of drug-likeness (QED) is 0.209. The van der Waals surface area contributed by atoms with E-state index in [0.717, 1.165) is 0 Å². The van der Waals surface area contributed by atoms with Crippen LogP contribution in [0.25, 0.3) is 10.9 Å². The molecule has 0 spiro atoms. The highest BCUT2D eigenvalue weighted by Gasteiger charge is 2.16. The predicted octanol–water partition coefficient (Wildman–Crippen LogP) is 3.73. The van der Waals surface area contributed by atoms with Crippen molar-refractivity contribution >= 4 is 40.2 Å². The fourth-order valence-corrected chi connectivity index (χ4v) is 4.02. The van der Waals surface area contributed by atoms with Crippen LogP contribution in [0.3, 0.4) is 0 Å². The standard InChI is InChI=1S/C24H27N3O5S/c1-16(2)32-14-8-13-27-22(29)17-9-4-6-11-19(17)26-24(27)33-15-21(28)25-20-12-7-5-10-18(20)23(30)31-3/h4-7,9-12,16H,8,13-15H2,1-3H3,(H,25,28). The lowest BCUT2D eigenvalue weighted by molar-refractivity contribution is -0.113. The second-order valence-corrected chi connectivity index (χ2v) is 8.46. The summed E-state index contributed by atoms with van der Waals surface area (Å²) in [5.41, 5.74) is 1.06. The number of benzene rings is 2. The number of ether oxygens (including phenoxy) is 2. The van der Waals surface area contributed by atoms with Gasteiger partial charge in [-0.15, -0.1) is 0 Å². The Morgan fingerprint density at radius 2 is 1.85 bits per heavy atom. The summed E-state index contributed by atoms with van der Waals surface area (Å²) in [7, 11) is 1.29. The van der Waals surface area contributed by atoms with Crippen molar-refractivity contribution in [2.45, 2.75) is 38.1 Å².